The predicted octanol–water partition coefficient (Wildman–Crippen LogP) is 3.32. The Morgan fingerprint density at radius 2 is 1.71 bits per heavy atom. The summed E-state index contributed by atoms with van der Waals surface area (Å²) in [7, 11) is 1.65. The Morgan fingerprint density at radius 3 is 2.38 bits per heavy atom. The minimum Gasteiger partial charge on any atom is -0.382 e. The van der Waals surface area contributed by atoms with E-state index in [1.54, 1.807) is 13.2 Å². The molecule has 1 aromatic carbocycles. The zero-order valence-electron chi connectivity index (χ0n) is 12.5. The van der Waals surface area contributed by atoms with Gasteiger partial charge in [0.05, 0.1) is 33.0 Å². The molecule has 1 N–H and O–H groups in total. The third-order valence-corrected chi connectivity index (χ3v) is 3.49. The van der Waals surface area contributed by atoms with Crippen LogP contribution >= 0.6 is 23.2 Å². The molecule has 0 spiro atoms. The lowest BCUT2D eigenvalue weighted by Crippen LogP contribution is -2.24. The fraction of sp³-hybridized carbons (Fsp3) is 0.600. The summed E-state index contributed by atoms with van der Waals surface area (Å²) in [6, 6.07) is 5.68. The van der Waals surface area contributed by atoms with Crippen molar-refractivity contribution in [1.82, 2.24) is 5.32 Å². The van der Waals surface area contributed by atoms with Gasteiger partial charge in [-0.25, -0.2) is 0 Å². The van der Waals surface area contributed by atoms with Gasteiger partial charge in [-0.2, -0.15) is 0 Å². The second-order valence-electron chi connectivity index (χ2n) is 4.56. The van der Waals surface area contributed by atoms with Crippen molar-refractivity contribution in [1.29, 1.82) is 0 Å². The minimum absolute atomic E-state index is 0.149. The zero-order valence-corrected chi connectivity index (χ0v) is 14.0. The molecule has 6 heteroatoms. The van der Waals surface area contributed by atoms with Gasteiger partial charge in [-0.05, 0) is 24.6 Å². The summed E-state index contributed by atoms with van der Waals surface area (Å²) in [6.07, 6.45) is 0. The van der Waals surface area contributed by atoms with Crippen LogP contribution in [-0.4, -0.2) is 46.7 Å². The van der Waals surface area contributed by atoms with Crippen molar-refractivity contribution in [3.8, 4) is 0 Å². The molecule has 0 radical (unpaired) electrons. The van der Waals surface area contributed by atoms with Gasteiger partial charge in [0.25, 0.3) is 0 Å². The maximum absolute atomic E-state index is 6.16. The van der Waals surface area contributed by atoms with Crippen LogP contribution in [0.5, 0.6) is 0 Å². The minimum atomic E-state index is 0.149. The number of benzene rings is 1. The molecule has 0 fully saturated rings. The highest BCUT2D eigenvalue weighted by atomic mass is 35.5. The van der Waals surface area contributed by atoms with Gasteiger partial charge in [-0.1, -0.05) is 29.3 Å². The summed E-state index contributed by atoms with van der Waals surface area (Å²) < 4.78 is 15.6. The smallest absolute Gasteiger partial charge is 0.0701 e. The molecule has 0 heterocycles. The first-order valence-corrected chi connectivity index (χ1v) is 7.73. The first-order valence-electron chi connectivity index (χ1n) is 6.98. The molecular weight excluding hydrogens is 313 g/mol. The molecule has 0 aromatic heterocycles. The molecule has 0 aliphatic rings. The average molecular weight is 336 g/mol. The molecule has 0 saturated heterocycles. The molecule has 4 nitrogen and oxygen atoms in total. The molecule has 120 valence electrons. The van der Waals surface area contributed by atoms with Gasteiger partial charge in [0.15, 0.2) is 0 Å². The van der Waals surface area contributed by atoms with Crippen LogP contribution in [0.1, 0.15) is 18.5 Å². The van der Waals surface area contributed by atoms with E-state index in [0.29, 0.717) is 43.1 Å². The number of hydrogen-bond acceptors (Lipinski definition) is 4. The van der Waals surface area contributed by atoms with Gasteiger partial charge in [0.1, 0.15) is 0 Å². The number of halogens is 2. The molecule has 0 aliphatic heterocycles. The second-order valence-corrected chi connectivity index (χ2v) is 5.40. The quantitative estimate of drug-likeness (QED) is 0.629. The highest BCUT2D eigenvalue weighted by molar-refractivity contribution is 6.35. The highest BCUT2D eigenvalue weighted by Crippen LogP contribution is 2.25. The summed E-state index contributed by atoms with van der Waals surface area (Å²) in [6.45, 7) is 5.82. The van der Waals surface area contributed by atoms with Crippen LogP contribution in [-0.2, 0) is 14.2 Å². The topological polar surface area (TPSA) is 39.7 Å². The standard InChI is InChI=1S/C15H23Cl2NO3/c1-12(14-4-3-13(16)11-15(14)17)18-5-6-20-9-10-21-8-7-19-2/h3-4,11-12,18H,5-10H2,1-2H3. The van der Waals surface area contributed by atoms with Gasteiger partial charge in [0.2, 0.25) is 0 Å². The van der Waals surface area contributed by atoms with Gasteiger partial charge in [0, 0.05) is 29.7 Å². The Morgan fingerprint density at radius 1 is 1.05 bits per heavy atom. The molecule has 0 saturated carbocycles. The second kappa shape index (κ2) is 11.2. The van der Waals surface area contributed by atoms with Crippen molar-refractivity contribution in [2.45, 2.75) is 13.0 Å². The first-order chi connectivity index (χ1) is 10.1. The summed E-state index contributed by atoms with van der Waals surface area (Å²) in [5.41, 5.74) is 1.03. The molecule has 21 heavy (non-hydrogen) atoms. The number of nitrogens with one attached hydrogen (secondary N) is 1. The van der Waals surface area contributed by atoms with E-state index in [9.17, 15) is 0 Å². The average Bonchev–Trinajstić information content (AvgIpc) is 2.45. The fourth-order valence-electron chi connectivity index (χ4n) is 1.77. The van der Waals surface area contributed by atoms with Gasteiger partial charge < -0.3 is 19.5 Å². The van der Waals surface area contributed by atoms with E-state index in [2.05, 4.69) is 12.2 Å². The number of hydrogen-bond donors (Lipinski definition) is 1. The van der Waals surface area contributed by atoms with Crippen molar-refractivity contribution >= 4 is 23.2 Å². The van der Waals surface area contributed by atoms with E-state index < -0.39 is 0 Å². The van der Waals surface area contributed by atoms with Crippen LogP contribution in [0.25, 0.3) is 0 Å². The fourth-order valence-corrected chi connectivity index (χ4v) is 2.35. The van der Waals surface area contributed by atoms with Crippen LogP contribution < -0.4 is 5.32 Å². The third-order valence-electron chi connectivity index (χ3n) is 2.93. The monoisotopic (exact) mass is 335 g/mol. The molecule has 0 aliphatic carbocycles. The van der Waals surface area contributed by atoms with E-state index in [4.69, 9.17) is 37.4 Å². The van der Waals surface area contributed by atoms with E-state index in [-0.39, 0.29) is 6.04 Å². The summed E-state index contributed by atoms with van der Waals surface area (Å²) in [5.74, 6) is 0. The van der Waals surface area contributed by atoms with Crippen LogP contribution in [0.4, 0.5) is 0 Å². The zero-order chi connectivity index (χ0) is 15.5. The van der Waals surface area contributed by atoms with Crippen molar-refractivity contribution < 1.29 is 14.2 Å². The van der Waals surface area contributed by atoms with Crippen molar-refractivity contribution in [2.24, 2.45) is 0 Å². The van der Waals surface area contributed by atoms with Gasteiger partial charge in [-0.15, -0.1) is 0 Å². The lowest BCUT2D eigenvalue weighted by Gasteiger charge is -2.16. The Bertz CT molecular complexity index is 405. The van der Waals surface area contributed by atoms with E-state index in [1.165, 1.54) is 0 Å². The number of rotatable bonds is 11. The maximum Gasteiger partial charge on any atom is 0.0701 e. The van der Waals surface area contributed by atoms with E-state index in [0.717, 1.165) is 12.1 Å². The SMILES string of the molecule is COCCOCCOCCNC(C)c1ccc(Cl)cc1Cl. The lowest BCUT2D eigenvalue weighted by atomic mass is 10.1. The van der Waals surface area contributed by atoms with Crippen LogP contribution in [0.3, 0.4) is 0 Å². The molecule has 0 amide bonds. The molecule has 1 unspecified atom stereocenters. The first kappa shape index (κ1) is 18.7. The van der Waals surface area contributed by atoms with Crippen molar-refractivity contribution in [3.05, 3.63) is 33.8 Å². The predicted molar refractivity (Wildman–Crippen MR) is 86.4 cm³/mol. The molecule has 1 atom stereocenters. The molecular formula is C15H23Cl2NO3. The van der Waals surface area contributed by atoms with Crippen molar-refractivity contribution in [3.63, 3.8) is 0 Å². The molecule has 0 bridgehead atoms. The normalized spacial score (nSPS) is 12.6. The van der Waals surface area contributed by atoms with Crippen LogP contribution in [0.15, 0.2) is 18.2 Å². The number of ether oxygens (including phenoxy) is 3. The lowest BCUT2D eigenvalue weighted by molar-refractivity contribution is 0.0253. The van der Waals surface area contributed by atoms with E-state index in [1.807, 2.05) is 12.1 Å². The van der Waals surface area contributed by atoms with Crippen molar-refractivity contribution in [2.75, 3.05) is 46.7 Å². The van der Waals surface area contributed by atoms with E-state index >= 15 is 0 Å². The Kier molecular flexibility index (Phi) is 10.0. The Hall–Kier alpha value is -0.360. The highest BCUT2D eigenvalue weighted by Gasteiger charge is 2.09. The summed E-state index contributed by atoms with van der Waals surface area (Å²) in [4.78, 5) is 0. The van der Waals surface area contributed by atoms with Gasteiger partial charge >= 0.3 is 0 Å². The van der Waals surface area contributed by atoms with Crippen LogP contribution in [0.2, 0.25) is 10.0 Å². The summed E-state index contributed by atoms with van der Waals surface area (Å²) in [5, 5.41) is 4.68. The number of methoxy groups -OCH3 is 1. The molecule has 1 rings (SSSR count). The maximum atomic E-state index is 6.16. The third kappa shape index (κ3) is 8.00. The Balaban J connectivity index is 2.09. The van der Waals surface area contributed by atoms with Gasteiger partial charge in [-0.3, -0.25) is 0 Å². The largest absolute Gasteiger partial charge is 0.382 e. The Labute approximate surface area is 136 Å². The molecule has 1 aromatic rings. The van der Waals surface area contributed by atoms with Crippen LogP contribution in [0, 0.1) is 0 Å². The summed E-state index contributed by atoms with van der Waals surface area (Å²) >= 11 is 12.0.